The Labute approximate surface area is 276 Å². The number of anilines is 2. The van der Waals surface area contributed by atoms with Crippen molar-refractivity contribution in [3.8, 4) is 17.0 Å². The van der Waals surface area contributed by atoms with Gasteiger partial charge in [0.05, 0.1) is 18.3 Å². The molecule has 1 spiro atoms. The lowest BCUT2D eigenvalue weighted by atomic mass is 10.0. The van der Waals surface area contributed by atoms with Gasteiger partial charge in [0.25, 0.3) is 0 Å². The lowest BCUT2D eigenvalue weighted by Crippen LogP contribution is -2.54. The SMILES string of the molecule is CNc1ccc2c(c1)OC(c1cc(F)cc(F)c1)n1c-2cc2cc(NC(=O)C3CC4(CC4)CN3C(=O)C(NC(=O)OC)C(C)C)ccc21. The maximum atomic E-state index is 14.4. The molecule has 3 heterocycles. The van der Waals surface area contributed by atoms with Crippen LogP contribution in [0, 0.1) is 23.0 Å². The number of nitrogens with one attached hydrogen (secondary N) is 3. The number of fused-ring (bicyclic) bond motifs is 5. The topological polar surface area (TPSA) is 114 Å². The summed E-state index contributed by atoms with van der Waals surface area (Å²) in [6.45, 7) is 4.13. The highest BCUT2D eigenvalue weighted by atomic mass is 19.1. The molecule has 1 saturated heterocycles. The van der Waals surface area contributed by atoms with Gasteiger partial charge in [0.1, 0.15) is 29.5 Å². The molecule has 2 fully saturated rings. The van der Waals surface area contributed by atoms with Crippen molar-refractivity contribution in [3.05, 3.63) is 77.9 Å². The van der Waals surface area contributed by atoms with Crippen LogP contribution in [0.1, 0.15) is 44.9 Å². The van der Waals surface area contributed by atoms with Gasteiger partial charge in [-0.25, -0.2) is 13.6 Å². The van der Waals surface area contributed by atoms with Gasteiger partial charge < -0.3 is 34.9 Å². The Morgan fingerprint density at radius 3 is 2.38 bits per heavy atom. The summed E-state index contributed by atoms with van der Waals surface area (Å²) in [6.07, 6.45) is 0.866. The zero-order chi connectivity index (χ0) is 33.9. The standard InChI is InChI=1S/C36H37F2N5O5/c1-19(2)31(41-35(46)47-4)33(45)42-18-36(9-10-36)17-29(42)32(44)40-25-6-8-27-20(13-25)14-28-26-7-5-24(39-3)16-30(26)48-34(43(27)28)21-11-22(37)15-23(38)12-21/h5-8,11-16,19,29,31,34,39H,9-10,17-18H2,1-4H3,(H,40,44)(H,41,46). The lowest BCUT2D eigenvalue weighted by Gasteiger charge is -2.30. The molecule has 3 aromatic carbocycles. The van der Waals surface area contributed by atoms with E-state index in [9.17, 15) is 23.2 Å². The number of benzene rings is 3. The minimum atomic E-state index is -0.858. The summed E-state index contributed by atoms with van der Waals surface area (Å²) in [6, 6.07) is 14.9. The molecule has 0 bridgehead atoms. The summed E-state index contributed by atoms with van der Waals surface area (Å²) in [4.78, 5) is 41.2. The van der Waals surface area contributed by atoms with Crippen molar-refractivity contribution in [3.63, 3.8) is 0 Å². The smallest absolute Gasteiger partial charge is 0.407 e. The zero-order valence-corrected chi connectivity index (χ0v) is 27.1. The first-order valence-corrected chi connectivity index (χ1v) is 16.0. The first-order chi connectivity index (χ1) is 23.0. The molecule has 4 aromatic rings. The lowest BCUT2D eigenvalue weighted by molar-refractivity contribution is -0.139. The van der Waals surface area contributed by atoms with Crippen LogP contribution in [0.15, 0.2) is 60.7 Å². The van der Waals surface area contributed by atoms with Crippen LogP contribution < -0.4 is 20.7 Å². The average molecular weight is 658 g/mol. The van der Waals surface area contributed by atoms with Crippen LogP contribution in [0.25, 0.3) is 22.2 Å². The molecule has 48 heavy (non-hydrogen) atoms. The molecular weight excluding hydrogens is 620 g/mol. The van der Waals surface area contributed by atoms with Gasteiger partial charge >= 0.3 is 6.09 Å². The average Bonchev–Trinajstić information content (AvgIpc) is 3.54. The molecule has 7 rings (SSSR count). The molecule has 0 radical (unpaired) electrons. The van der Waals surface area contributed by atoms with Crippen LogP contribution in [0.4, 0.5) is 25.0 Å². The number of nitrogens with zero attached hydrogens (tertiary/aromatic N) is 2. The molecule has 3 aliphatic rings. The van der Waals surface area contributed by atoms with Gasteiger partial charge in [0, 0.05) is 53.6 Å². The number of hydrogen-bond donors (Lipinski definition) is 3. The quantitative estimate of drug-likeness (QED) is 0.216. The second kappa shape index (κ2) is 11.8. The van der Waals surface area contributed by atoms with E-state index in [0.29, 0.717) is 30.0 Å². The van der Waals surface area contributed by atoms with E-state index >= 15 is 0 Å². The van der Waals surface area contributed by atoms with Gasteiger partial charge in [-0.3, -0.25) is 9.59 Å². The Morgan fingerprint density at radius 2 is 1.71 bits per heavy atom. The number of alkyl carbamates (subject to hydrolysis) is 1. The fourth-order valence-electron chi connectivity index (χ4n) is 7.03. The Hall–Kier alpha value is -5.13. The van der Waals surface area contributed by atoms with Gasteiger partial charge in [-0.15, -0.1) is 0 Å². The van der Waals surface area contributed by atoms with Crippen molar-refractivity contribution in [2.24, 2.45) is 11.3 Å². The van der Waals surface area contributed by atoms with Gasteiger partial charge in [-0.1, -0.05) is 13.8 Å². The highest BCUT2D eigenvalue weighted by molar-refractivity contribution is 6.01. The van der Waals surface area contributed by atoms with Gasteiger partial charge in [0.2, 0.25) is 18.0 Å². The number of ether oxygens (including phenoxy) is 2. The zero-order valence-electron chi connectivity index (χ0n) is 27.1. The van der Waals surface area contributed by atoms with E-state index in [-0.39, 0.29) is 23.1 Å². The van der Waals surface area contributed by atoms with Crippen molar-refractivity contribution in [2.45, 2.75) is 51.4 Å². The van der Waals surface area contributed by atoms with E-state index in [1.807, 2.05) is 54.8 Å². The van der Waals surface area contributed by atoms with E-state index in [2.05, 4.69) is 16.0 Å². The molecule has 12 heteroatoms. The van der Waals surface area contributed by atoms with Gasteiger partial charge in [0.15, 0.2) is 0 Å². The summed E-state index contributed by atoms with van der Waals surface area (Å²) < 4.78 is 41.8. The molecule has 3 unspecified atom stereocenters. The van der Waals surface area contributed by atoms with Crippen LogP contribution in [-0.4, -0.2) is 60.2 Å². The monoisotopic (exact) mass is 657 g/mol. The number of carbonyl (C=O) groups excluding carboxylic acids is 3. The Balaban J connectivity index is 1.21. The molecule has 1 saturated carbocycles. The van der Waals surface area contributed by atoms with Crippen LogP contribution in [-0.2, 0) is 14.3 Å². The minimum absolute atomic E-state index is 0.0816. The molecule has 1 aliphatic carbocycles. The van der Waals surface area contributed by atoms with Crippen molar-refractivity contribution < 1.29 is 32.6 Å². The molecular formula is C36H37F2N5O5. The maximum absolute atomic E-state index is 14.4. The number of hydrogen-bond acceptors (Lipinski definition) is 6. The third kappa shape index (κ3) is 5.58. The summed E-state index contributed by atoms with van der Waals surface area (Å²) in [5, 5.41) is 9.53. The molecule has 3 atom stereocenters. The predicted molar refractivity (Wildman–Crippen MR) is 177 cm³/mol. The molecule has 1 aromatic heterocycles. The Bertz CT molecular complexity index is 1930. The summed E-state index contributed by atoms with van der Waals surface area (Å²) in [7, 11) is 3.04. The summed E-state index contributed by atoms with van der Waals surface area (Å²) in [5.74, 6) is -1.70. The summed E-state index contributed by atoms with van der Waals surface area (Å²) >= 11 is 0. The van der Waals surface area contributed by atoms with Crippen molar-refractivity contribution in [1.82, 2.24) is 14.8 Å². The van der Waals surface area contributed by atoms with E-state index < -0.39 is 36.0 Å². The van der Waals surface area contributed by atoms with Crippen LogP contribution >= 0.6 is 0 Å². The number of methoxy groups -OCH3 is 1. The molecule has 250 valence electrons. The number of likely N-dealkylation sites (tertiary alicyclic amines) is 1. The fourth-order valence-corrected chi connectivity index (χ4v) is 7.03. The van der Waals surface area contributed by atoms with Gasteiger partial charge in [-0.2, -0.15) is 0 Å². The number of aromatic nitrogens is 1. The molecule has 10 nitrogen and oxygen atoms in total. The fraction of sp³-hybridized carbons (Fsp3) is 0.361. The third-order valence-corrected chi connectivity index (χ3v) is 9.74. The molecule has 3 amide bonds. The second-order valence-corrected chi connectivity index (χ2v) is 13.3. The van der Waals surface area contributed by atoms with Gasteiger partial charge in [-0.05, 0) is 79.1 Å². The predicted octanol–water partition coefficient (Wildman–Crippen LogP) is 6.27. The van der Waals surface area contributed by atoms with E-state index in [4.69, 9.17) is 9.47 Å². The molecule has 2 aliphatic heterocycles. The Morgan fingerprint density at radius 1 is 0.979 bits per heavy atom. The number of rotatable bonds is 7. The van der Waals surface area contributed by atoms with Crippen molar-refractivity contribution in [2.75, 3.05) is 31.3 Å². The van der Waals surface area contributed by atoms with Crippen molar-refractivity contribution in [1.29, 1.82) is 0 Å². The second-order valence-electron chi connectivity index (χ2n) is 13.3. The first kappa shape index (κ1) is 31.5. The van der Waals surface area contributed by atoms with E-state index in [1.54, 1.807) is 18.0 Å². The van der Waals surface area contributed by atoms with Crippen LogP contribution in [0.3, 0.4) is 0 Å². The largest absolute Gasteiger partial charge is 0.465 e. The molecule has 3 N–H and O–H groups in total. The maximum Gasteiger partial charge on any atom is 0.407 e. The highest BCUT2D eigenvalue weighted by Gasteiger charge is 2.56. The van der Waals surface area contributed by atoms with Crippen LogP contribution in [0.2, 0.25) is 0 Å². The number of halogens is 2. The highest BCUT2D eigenvalue weighted by Crippen LogP contribution is 2.55. The summed E-state index contributed by atoms with van der Waals surface area (Å²) in [5.41, 5.74) is 3.91. The van der Waals surface area contributed by atoms with E-state index in [1.165, 1.54) is 19.2 Å². The normalized spacial score (nSPS) is 19.4. The number of amides is 3. The Kier molecular flexibility index (Phi) is 7.76. The number of carbonyl (C=O) groups is 3. The van der Waals surface area contributed by atoms with E-state index in [0.717, 1.165) is 46.8 Å². The third-order valence-electron chi connectivity index (χ3n) is 9.74. The first-order valence-electron chi connectivity index (χ1n) is 16.0. The minimum Gasteiger partial charge on any atom is -0.465 e. The van der Waals surface area contributed by atoms with Crippen LogP contribution in [0.5, 0.6) is 5.75 Å². The van der Waals surface area contributed by atoms with Crippen molar-refractivity contribution >= 4 is 40.2 Å².